The highest BCUT2D eigenvalue weighted by Crippen LogP contribution is 2.29. The SMILES string of the molecule is CC(N)C1CCCCN1C(=O)c1cccc(NC(=O)C2Cc3ccccc3O2)c1. The van der Waals surface area contributed by atoms with Gasteiger partial charge in [0, 0.05) is 36.3 Å². The number of carbonyl (C=O) groups excluding carboxylic acids is 2. The zero-order valence-electron chi connectivity index (χ0n) is 16.6. The average molecular weight is 393 g/mol. The Kier molecular flexibility index (Phi) is 5.53. The Hall–Kier alpha value is -2.86. The lowest BCUT2D eigenvalue weighted by Gasteiger charge is -2.38. The minimum absolute atomic E-state index is 0.0346. The monoisotopic (exact) mass is 393 g/mol. The average Bonchev–Trinajstić information content (AvgIpc) is 3.18. The number of rotatable bonds is 4. The van der Waals surface area contributed by atoms with Gasteiger partial charge < -0.3 is 20.7 Å². The summed E-state index contributed by atoms with van der Waals surface area (Å²) >= 11 is 0. The van der Waals surface area contributed by atoms with Crippen molar-refractivity contribution in [1.29, 1.82) is 0 Å². The third-order valence-electron chi connectivity index (χ3n) is 5.73. The highest BCUT2D eigenvalue weighted by molar-refractivity contribution is 5.98. The van der Waals surface area contributed by atoms with Gasteiger partial charge in [-0.2, -0.15) is 0 Å². The Morgan fingerprint density at radius 2 is 2.00 bits per heavy atom. The van der Waals surface area contributed by atoms with Gasteiger partial charge in [0.25, 0.3) is 11.8 Å². The molecule has 2 aliphatic heterocycles. The lowest BCUT2D eigenvalue weighted by molar-refractivity contribution is -0.122. The quantitative estimate of drug-likeness (QED) is 0.836. The number of carbonyl (C=O) groups is 2. The molecule has 2 aromatic carbocycles. The molecule has 0 bridgehead atoms. The zero-order valence-corrected chi connectivity index (χ0v) is 16.6. The number of nitrogens with zero attached hydrogens (tertiary/aromatic N) is 1. The molecule has 6 heteroatoms. The fourth-order valence-corrected chi connectivity index (χ4v) is 4.20. The fraction of sp³-hybridized carbons (Fsp3) is 0.391. The summed E-state index contributed by atoms with van der Waals surface area (Å²) in [6, 6.07) is 14.8. The minimum atomic E-state index is -0.559. The number of hydrogen-bond donors (Lipinski definition) is 2. The molecule has 0 radical (unpaired) electrons. The highest BCUT2D eigenvalue weighted by Gasteiger charge is 2.31. The molecule has 3 atom stereocenters. The molecular weight excluding hydrogens is 366 g/mol. The number of hydrogen-bond acceptors (Lipinski definition) is 4. The summed E-state index contributed by atoms with van der Waals surface area (Å²) in [5.41, 5.74) is 8.30. The lowest BCUT2D eigenvalue weighted by Crippen LogP contribution is -2.51. The molecule has 2 amide bonds. The van der Waals surface area contributed by atoms with E-state index in [4.69, 9.17) is 10.5 Å². The molecule has 1 fully saturated rings. The van der Waals surface area contributed by atoms with Crippen molar-refractivity contribution in [3.63, 3.8) is 0 Å². The first-order valence-corrected chi connectivity index (χ1v) is 10.2. The molecular formula is C23H27N3O3. The molecule has 2 aromatic rings. The summed E-state index contributed by atoms with van der Waals surface area (Å²) in [5.74, 6) is 0.508. The summed E-state index contributed by atoms with van der Waals surface area (Å²) in [6.07, 6.45) is 3.00. The summed E-state index contributed by atoms with van der Waals surface area (Å²) in [4.78, 5) is 27.6. The van der Waals surface area contributed by atoms with Crippen molar-refractivity contribution in [3.05, 3.63) is 59.7 Å². The van der Waals surface area contributed by atoms with Crippen LogP contribution in [0.3, 0.4) is 0 Å². The number of nitrogens with two attached hydrogens (primary N) is 1. The van der Waals surface area contributed by atoms with Crippen molar-refractivity contribution in [2.45, 2.75) is 50.8 Å². The Balaban J connectivity index is 1.45. The van der Waals surface area contributed by atoms with Crippen LogP contribution in [0.2, 0.25) is 0 Å². The van der Waals surface area contributed by atoms with E-state index in [9.17, 15) is 9.59 Å². The lowest BCUT2D eigenvalue weighted by atomic mass is 9.96. The Bertz CT molecular complexity index is 887. The number of ether oxygens (including phenoxy) is 1. The maximum atomic E-state index is 13.1. The van der Waals surface area contributed by atoms with Crippen molar-refractivity contribution < 1.29 is 14.3 Å². The standard InChI is InChI=1S/C23H27N3O3/c1-15(24)19-10-4-5-12-26(19)23(28)17-8-6-9-18(13-17)25-22(27)21-14-16-7-2-3-11-20(16)29-21/h2-3,6-9,11,13,15,19,21H,4-5,10,12,14,24H2,1H3,(H,25,27). The fourth-order valence-electron chi connectivity index (χ4n) is 4.20. The third kappa shape index (κ3) is 4.12. The number of benzene rings is 2. The molecule has 1 saturated heterocycles. The highest BCUT2D eigenvalue weighted by atomic mass is 16.5. The van der Waals surface area contributed by atoms with Gasteiger partial charge in [-0.25, -0.2) is 0 Å². The first kappa shape index (κ1) is 19.5. The van der Waals surface area contributed by atoms with Gasteiger partial charge in [-0.15, -0.1) is 0 Å². The molecule has 152 valence electrons. The van der Waals surface area contributed by atoms with Gasteiger partial charge in [0.05, 0.1) is 0 Å². The number of nitrogens with one attached hydrogen (secondary N) is 1. The van der Waals surface area contributed by atoms with Crippen LogP contribution in [-0.2, 0) is 11.2 Å². The van der Waals surface area contributed by atoms with Crippen molar-refractivity contribution >= 4 is 17.5 Å². The van der Waals surface area contributed by atoms with Crippen LogP contribution in [0.4, 0.5) is 5.69 Å². The third-order valence-corrected chi connectivity index (χ3v) is 5.73. The van der Waals surface area contributed by atoms with Crippen molar-refractivity contribution in [2.24, 2.45) is 5.73 Å². The molecule has 3 unspecified atom stereocenters. The van der Waals surface area contributed by atoms with Gasteiger partial charge in [-0.3, -0.25) is 9.59 Å². The second-order valence-electron chi connectivity index (χ2n) is 7.91. The van der Waals surface area contributed by atoms with E-state index in [-0.39, 0.29) is 23.9 Å². The van der Waals surface area contributed by atoms with Crippen LogP contribution in [0.1, 0.15) is 42.1 Å². The van der Waals surface area contributed by atoms with E-state index in [1.165, 1.54) is 0 Å². The van der Waals surface area contributed by atoms with Gasteiger partial charge in [0.15, 0.2) is 6.10 Å². The largest absolute Gasteiger partial charge is 0.480 e. The zero-order chi connectivity index (χ0) is 20.4. The van der Waals surface area contributed by atoms with E-state index in [2.05, 4.69) is 5.32 Å². The van der Waals surface area contributed by atoms with Crippen molar-refractivity contribution in [2.75, 3.05) is 11.9 Å². The summed E-state index contributed by atoms with van der Waals surface area (Å²) < 4.78 is 5.75. The van der Waals surface area contributed by atoms with Gasteiger partial charge >= 0.3 is 0 Å². The summed E-state index contributed by atoms with van der Waals surface area (Å²) in [6.45, 7) is 2.67. The van der Waals surface area contributed by atoms with Crippen molar-refractivity contribution in [3.8, 4) is 5.75 Å². The summed E-state index contributed by atoms with van der Waals surface area (Å²) in [5, 5.41) is 2.89. The molecule has 0 aliphatic carbocycles. The maximum absolute atomic E-state index is 13.1. The Labute approximate surface area is 171 Å². The molecule has 2 aliphatic rings. The normalized spacial score (nSPS) is 21.8. The Morgan fingerprint density at radius 1 is 1.17 bits per heavy atom. The van der Waals surface area contributed by atoms with Gasteiger partial charge in [-0.1, -0.05) is 24.3 Å². The molecule has 0 spiro atoms. The molecule has 3 N–H and O–H groups in total. The molecule has 6 nitrogen and oxygen atoms in total. The first-order valence-electron chi connectivity index (χ1n) is 10.2. The van der Waals surface area contributed by atoms with Crippen LogP contribution in [0.15, 0.2) is 48.5 Å². The number of para-hydroxylation sites is 1. The van der Waals surface area contributed by atoms with Gasteiger partial charge in [0.2, 0.25) is 0 Å². The van der Waals surface area contributed by atoms with Crippen LogP contribution in [0, 0.1) is 0 Å². The van der Waals surface area contributed by atoms with Gasteiger partial charge in [0.1, 0.15) is 5.75 Å². The maximum Gasteiger partial charge on any atom is 0.265 e. The summed E-state index contributed by atoms with van der Waals surface area (Å²) in [7, 11) is 0. The second-order valence-corrected chi connectivity index (χ2v) is 7.91. The van der Waals surface area contributed by atoms with E-state index < -0.39 is 6.10 Å². The van der Waals surface area contributed by atoms with Crippen LogP contribution in [0.25, 0.3) is 0 Å². The van der Waals surface area contributed by atoms with Crippen LogP contribution < -0.4 is 15.8 Å². The predicted octanol–water partition coefficient (Wildman–Crippen LogP) is 2.97. The minimum Gasteiger partial charge on any atom is -0.480 e. The van der Waals surface area contributed by atoms with Crippen LogP contribution in [-0.4, -0.2) is 41.4 Å². The topological polar surface area (TPSA) is 84.7 Å². The van der Waals surface area contributed by atoms with Gasteiger partial charge in [-0.05, 0) is 56.0 Å². The van der Waals surface area contributed by atoms with E-state index in [1.54, 1.807) is 24.3 Å². The Morgan fingerprint density at radius 3 is 2.79 bits per heavy atom. The molecule has 2 heterocycles. The first-order chi connectivity index (χ1) is 14.0. The molecule has 0 saturated carbocycles. The van der Waals surface area contributed by atoms with E-state index >= 15 is 0 Å². The number of amides is 2. The van der Waals surface area contributed by atoms with Crippen LogP contribution in [0.5, 0.6) is 5.75 Å². The number of likely N-dealkylation sites (tertiary alicyclic amines) is 1. The van der Waals surface area contributed by atoms with Crippen molar-refractivity contribution in [1.82, 2.24) is 4.90 Å². The van der Waals surface area contributed by atoms with E-state index in [1.807, 2.05) is 36.1 Å². The smallest absolute Gasteiger partial charge is 0.265 e. The molecule has 29 heavy (non-hydrogen) atoms. The van der Waals surface area contributed by atoms with Crippen LogP contribution >= 0.6 is 0 Å². The number of fused-ring (bicyclic) bond motifs is 1. The number of piperidine rings is 1. The second kappa shape index (κ2) is 8.25. The molecule has 0 aromatic heterocycles. The van der Waals surface area contributed by atoms with E-state index in [0.29, 0.717) is 17.7 Å². The van der Waals surface area contributed by atoms with E-state index in [0.717, 1.165) is 37.1 Å². The molecule has 4 rings (SSSR count). The number of anilines is 1. The predicted molar refractivity (Wildman–Crippen MR) is 112 cm³/mol.